The molecule has 7 heteroatoms. The quantitative estimate of drug-likeness (QED) is 0.821. The summed E-state index contributed by atoms with van der Waals surface area (Å²) < 4.78 is 10.8. The smallest absolute Gasteiger partial charge is 0.238 e. The molecule has 150 valence electrons. The second-order valence-electron chi connectivity index (χ2n) is 7.33. The van der Waals surface area contributed by atoms with E-state index in [0.29, 0.717) is 6.54 Å². The molecule has 0 bridgehead atoms. The topological polar surface area (TPSA) is 61.2 Å². The average molecular weight is 384 g/mol. The fraction of sp³-hybridized carbons (Fsp3) is 0.476. The lowest BCUT2D eigenvalue weighted by Gasteiger charge is -2.33. The van der Waals surface area contributed by atoms with Gasteiger partial charge in [0.05, 0.1) is 32.6 Å². The van der Waals surface area contributed by atoms with Gasteiger partial charge in [-0.25, -0.2) is 0 Å². The Bertz CT molecular complexity index is 734. The molecule has 1 N–H and O–H groups in total. The van der Waals surface area contributed by atoms with Crippen LogP contribution >= 0.6 is 0 Å². The molecule has 4 rings (SSSR count). The Morgan fingerprint density at radius 3 is 2.32 bits per heavy atom. The van der Waals surface area contributed by atoms with Crippen LogP contribution in [-0.4, -0.2) is 74.7 Å². The van der Waals surface area contributed by atoms with E-state index in [1.807, 2.05) is 24.3 Å². The number of carbonyl (C=O) groups excluding carboxylic acids is 1. The van der Waals surface area contributed by atoms with E-state index in [1.165, 1.54) is 5.69 Å². The minimum Gasteiger partial charge on any atom is -0.468 e. The van der Waals surface area contributed by atoms with Gasteiger partial charge in [0.25, 0.3) is 0 Å². The van der Waals surface area contributed by atoms with Crippen LogP contribution in [0.4, 0.5) is 11.4 Å². The van der Waals surface area contributed by atoms with E-state index in [2.05, 4.69) is 32.1 Å². The molecule has 1 amide bonds. The number of hydrogen-bond acceptors (Lipinski definition) is 6. The lowest BCUT2D eigenvalue weighted by atomic mass is 10.2. The van der Waals surface area contributed by atoms with E-state index >= 15 is 0 Å². The van der Waals surface area contributed by atoms with Gasteiger partial charge >= 0.3 is 0 Å². The summed E-state index contributed by atoms with van der Waals surface area (Å²) in [5.74, 6) is 1.03. The largest absolute Gasteiger partial charge is 0.468 e. The average Bonchev–Trinajstić information content (AvgIpc) is 3.24. The van der Waals surface area contributed by atoms with Gasteiger partial charge in [0.2, 0.25) is 5.91 Å². The number of rotatable bonds is 6. The number of nitrogens with zero attached hydrogens (tertiary/aromatic N) is 3. The van der Waals surface area contributed by atoms with Crippen LogP contribution in [0.2, 0.25) is 0 Å². The fourth-order valence-electron chi connectivity index (χ4n) is 3.71. The fourth-order valence-corrected chi connectivity index (χ4v) is 3.71. The zero-order valence-electron chi connectivity index (χ0n) is 16.2. The Morgan fingerprint density at radius 2 is 1.64 bits per heavy atom. The molecule has 2 aliphatic heterocycles. The Labute approximate surface area is 165 Å². The highest BCUT2D eigenvalue weighted by molar-refractivity contribution is 5.92. The number of piperazine rings is 1. The number of amides is 1. The van der Waals surface area contributed by atoms with Crippen molar-refractivity contribution in [1.29, 1.82) is 0 Å². The zero-order chi connectivity index (χ0) is 19.2. The van der Waals surface area contributed by atoms with Gasteiger partial charge in [-0.05, 0) is 36.4 Å². The van der Waals surface area contributed by atoms with Crippen molar-refractivity contribution < 1.29 is 13.9 Å². The number of hydrogen-bond donors (Lipinski definition) is 1. The lowest BCUT2D eigenvalue weighted by molar-refractivity contribution is -0.117. The predicted molar refractivity (Wildman–Crippen MR) is 109 cm³/mol. The molecule has 2 aliphatic rings. The molecule has 1 aromatic heterocycles. The van der Waals surface area contributed by atoms with E-state index in [-0.39, 0.29) is 5.91 Å². The van der Waals surface area contributed by atoms with Crippen molar-refractivity contribution in [2.24, 2.45) is 0 Å². The first-order chi connectivity index (χ1) is 13.8. The SMILES string of the molecule is O=C(CN1CCN(Cc2ccco2)CC1)Nc1ccc(N2CCOCC2)cc1. The Hall–Kier alpha value is -2.35. The number of anilines is 2. The molecule has 7 nitrogen and oxygen atoms in total. The highest BCUT2D eigenvalue weighted by atomic mass is 16.5. The molecule has 2 saturated heterocycles. The summed E-state index contributed by atoms with van der Waals surface area (Å²) in [5, 5.41) is 3.01. The number of ether oxygens (including phenoxy) is 1. The van der Waals surface area contributed by atoms with Crippen molar-refractivity contribution in [3.63, 3.8) is 0 Å². The molecule has 0 atom stereocenters. The summed E-state index contributed by atoms with van der Waals surface area (Å²) in [4.78, 5) is 19.3. The summed E-state index contributed by atoms with van der Waals surface area (Å²) in [5.41, 5.74) is 2.02. The van der Waals surface area contributed by atoms with Crippen molar-refractivity contribution >= 4 is 17.3 Å². The number of nitrogens with one attached hydrogen (secondary N) is 1. The maximum absolute atomic E-state index is 12.4. The number of benzene rings is 1. The minimum absolute atomic E-state index is 0.0404. The number of furan rings is 1. The molecule has 2 aromatic rings. The van der Waals surface area contributed by atoms with Crippen molar-refractivity contribution in [2.75, 3.05) is 69.2 Å². The van der Waals surface area contributed by atoms with Gasteiger partial charge < -0.3 is 19.4 Å². The van der Waals surface area contributed by atoms with Crippen molar-refractivity contribution in [2.45, 2.75) is 6.54 Å². The van der Waals surface area contributed by atoms with Gasteiger partial charge in [0.15, 0.2) is 0 Å². The standard InChI is InChI=1S/C21H28N4O3/c26-21(17-24-9-7-23(8-10-24)16-20-2-1-13-28-20)22-18-3-5-19(6-4-18)25-11-14-27-15-12-25/h1-6,13H,7-12,14-17H2,(H,22,26). The van der Waals surface area contributed by atoms with Crippen LogP contribution in [0.5, 0.6) is 0 Å². The van der Waals surface area contributed by atoms with E-state index in [9.17, 15) is 4.79 Å². The summed E-state index contributed by atoms with van der Waals surface area (Å²) in [6.45, 7) is 8.32. The molecule has 1 aromatic carbocycles. The summed E-state index contributed by atoms with van der Waals surface area (Å²) in [6, 6.07) is 12.0. The third kappa shape index (κ3) is 5.13. The summed E-state index contributed by atoms with van der Waals surface area (Å²) >= 11 is 0. The lowest BCUT2D eigenvalue weighted by Crippen LogP contribution is -2.48. The van der Waals surface area contributed by atoms with Crippen LogP contribution in [0.25, 0.3) is 0 Å². The van der Waals surface area contributed by atoms with Crippen LogP contribution in [0.15, 0.2) is 47.1 Å². The third-order valence-electron chi connectivity index (χ3n) is 5.32. The van der Waals surface area contributed by atoms with Gasteiger partial charge in [0.1, 0.15) is 5.76 Å². The maximum Gasteiger partial charge on any atom is 0.238 e. The monoisotopic (exact) mass is 384 g/mol. The normalized spacial score (nSPS) is 18.9. The van der Waals surface area contributed by atoms with Gasteiger partial charge in [-0.1, -0.05) is 0 Å². The number of morpholine rings is 1. The molecule has 2 fully saturated rings. The van der Waals surface area contributed by atoms with Crippen molar-refractivity contribution in [3.8, 4) is 0 Å². The molecule has 0 saturated carbocycles. The first-order valence-electron chi connectivity index (χ1n) is 9.96. The molecule has 0 spiro atoms. The van der Waals surface area contributed by atoms with E-state index in [0.717, 1.165) is 70.5 Å². The molecule has 0 radical (unpaired) electrons. The molecular weight excluding hydrogens is 356 g/mol. The predicted octanol–water partition coefficient (Wildman–Crippen LogP) is 1.87. The third-order valence-corrected chi connectivity index (χ3v) is 5.32. The van der Waals surface area contributed by atoms with Gasteiger partial charge in [-0.15, -0.1) is 0 Å². The van der Waals surface area contributed by atoms with Crippen LogP contribution in [0, 0.1) is 0 Å². The van der Waals surface area contributed by atoms with Crippen LogP contribution in [0.1, 0.15) is 5.76 Å². The number of carbonyl (C=O) groups is 1. The van der Waals surface area contributed by atoms with Crippen LogP contribution in [0.3, 0.4) is 0 Å². The minimum atomic E-state index is 0.0404. The van der Waals surface area contributed by atoms with Gasteiger partial charge in [-0.3, -0.25) is 14.6 Å². The first-order valence-corrected chi connectivity index (χ1v) is 9.96. The molecule has 3 heterocycles. The van der Waals surface area contributed by atoms with E-state index < -0.39 is 0 Å². The first kappa shape index (κ1) is 19.0. The highest BCUT2D eigenvalue weighted by Crippen LogP contribution is 2.19. The van der Waals surface area contributed by atoms with Crippen molar-refractivity contribution in [3.05, 3.63) is 48.4 Å². The van der Waals surface area contributed by atoms with Crippen molar-refractivity contribution in [1.82, 2.24) is 9.80 Å². The summed E-state index contributed by atoms with van der Waals surface area (Å²) in [7, 11) is 0. The second-order valence-corrected chi connectivity index (χ2v) is 7.33. The Morgan fingerprint density at radius 1 is 0.929 bits per heavy atom. The van der Waals surface area contributed by atoms with Gasteiger partial charge in [0, 0.05) is 50.6 Å². The Kier molecular flexibility index (Phi) is 6.26. The molecule has 28 heavy (non-hydrogen) atoms. The second kappa shape index (κ2) is 9.23. The van der Waals surface area contributed by atoms with Gasteiger partial charge in [-0.2, -0.15) is 0 Å². The van der Waals surface area contributed by atoms with Crippen LogP contribution < -0.4 is 10.2 Å². The molecule has 0 aliphatic carbocycles. The highest BCUT2D eigenvalue weighted by Gasteiger charge is 2.19. The summed E-state index contributed by atoms with van der Waals surface area (Å²) in [6.07, 6.45) is 1.71. The molecular formula is C21H28N4O3. The zero-order valence-corrected chi connectivity index (χ0v) is 16.2. The maximum atomic E-state index is 12.4. The van der Waals surface area contributed by atoms with E-state index in [1.54, 1.807) is 6.26 Å². The van der Waals surface area contributed by atoms with E-state index in [4.69, 9.17) is 9.15 Å². The Balaban J connectivity index is 1.20. The molecule has 0 unspecified atom stereocenters. The van der Waals surface area contributed by atoms with Crippen LogP contribution in [-0.2, 0) is 16.1 Å².